The molecule has 1 aromatic heterocycles. The molecule has 25 heavy (non-hydrogen) atoms. The van der Waals surface area contributed by atoms with Crippen molar-refractivity contribution in [2.45, 2.75) is 57.2 Å². The van der Waals surface area contributed by atoms with E-state index >= 15 is 0 Å². The standard InChI is InChI=1S/C18H24F3N3O/c19-18(20,21)16-12-15(5-8-22-16)24-9-6-13(7-10-24)11-17(25)23-14-3-1-2-4-14/h5,8,12-14H,1-4,6-7,9-11H2,(H,23,25). The molecule has 0 atom stereocenters. The SMILES string of the molecule is O=C(CC1CCN(c2ccnc(C(F)(F)F)c2)CC1)NC1CCCC1. The molecule has 1 amide bonds. The summed E-state index contributed by atoms with van der Waals surface area (Å²) < 4.78 is 38.3. The number of rotatable bonds is 4. The van der Waals surface area contributed by atoms with E-state index in [-0.39, 0.29) is 5.91 Å². The summed E-state index contributed by atoms with van der Waals surface area (Å²) in [5.41, 5.74) is -0.306. The molecule has 1 aliphatic carbocycles. The summed E-state index contributed by atoms with van der Waals surface area (Å²) in [5, 5.41) is 3.11. The first-order valence-corrected chi connectivity index (χ1v) is 8.99. The molecule has 0 unspecified atom stereocenters. The zero-order chi connectivity index (χ0) is 17.9. The molecule has 0 radical (unpaired) electrons. The van der Waals surface area contributed by atoms with Crippen LogP contribution in [0.4, 0.5) is 18.9 Å². The zero-order valence-electron chi connectivity index (χ0n) is 14.2. The third-order valence-corrected chi connectivity index (χ3v) is 5.21. The fraction of sp³-hybridized carbons (Fsp3) is 0.667. The van der Waals surface area contributed by atoms with Crippen LogP contribution < -0.4 is 10.2 Å². The summed E-state index contributed by atoms with van der Waals surface area (Å²) in [5.74, 6) is 0.426. The van der Waals surface area contributed by atoms with Crippen LogP contribution in [0.25, 0.3) is 0 Å². The van der Waals surface area contributed by atoms with Crippen LogP contribution in [-0.2, 0) is 11.0 Å². The predicted molar refractivity (Wildman–Crippen MR) is 89.2 cm³/mol. The summed E-state index contributed by atoms with van der Waals surface area (Å²) in [7, 11) is 0. The second kappa shape index (κ2) is 7.62. The molecule has 0 bridgehead atoms. The Kier molecular flexibility index (Phi) is 5.49. The molecular weight excluding hydrogens is 331 g/mol. The Hall–Kier alpha value is -1.79. The van der Waals surface area contributed by atoms with Gasteiger partial charge in [0.05, 0.1) is 0 Å². The Bertz CT molecular complexity index is 591. The summed E-state index contributed by atoms with van der Waals surface area (Å²) in [6.07, 6.45) is 3.48. The second-order valence-electron chi connectivity index (χ2n) is 7.08. The highest BCUT2D eigenvalue weighted by molar-refractivity contribution is 5.76. The van der Waals surface area contributed by atoms with Gasteiger partial charge in [0.1, 0.15) is 5.69 Å². The van der Waals surface area contributed by atoms with Crippen LogP contribution in [-0.4, -0.2) is 30.0 Å². The Labute approximate surface area is 145 Å². The lowest BCUT2D eigenvalue weighted by Crippen LogP contribution is -2.38. The zero-order valence-corrected chi connectivity index (χ0v) is 14.2. The predicted octanol–water partition coefficient (Wildman–Crippen LogP) is 3.77. The fourth-order valence-corrected chi connectivity index (χ4v) is 3.79. The number of hydrogen-bond acceptors (Lipinski definition) is 3. The minimum Gasteiger partial charge on any atom is -0.371 e. The molecule has 1 aliphatic heterocycles. The van der Waals surface area contributed by atoms with Crippen LogP contribution in [0.3, 0.4) is 0 Å². The molecule has 0 aromatic carbocycles. The average Bonchev–Trinajstić information content (AvgIpc) is 3.08. The number of amides is 1. The minimum atomic E-state index is -4.42. The third-order valence-electron chi connectivity index (χ3n) is 5.21. The molecule has 138 valence electrons. The molecule has 7 heteroatoms. The summed E-state index contributed by atoms with van der Waals surface area (Å²) in [6, 6.07) is 3.06. The molecule has 2 aliphatic rings. The first-order chi connectivity index (χ1) is 11.9. The van der Waals surface area contributed by atoms with Crippen molar-refractivity contribution in [1.29, 1.82) is 0 Å². The van der Waals surface area contributed by atoms with Crippen molar-refractivity contribution in [3.63, 3.8) is 0 Å². The average molecular weight is 355 g/mol. The number of carbonyl (C=O) groups is 1. The minimum absolute atomic E-state index is 0.119. The van der Waals surface area contributed by atoms with E-state index in [0.717, 1.165) is 31.7 Å². The van der Waals surface area contributed by atoms with Gasteiger partial charge in [0.2, 0.25) is 5.91 Å². The maximum absolute atomic E-state index is 12.8. The lowest BCUT2D eigenvalue weighted by atomic mass is 9.92. The number of pyridine rings is 1. The maximum Gasteiger partial charge on any atom is 0.433 e. The lowest BCUT2D eigenvalue weighted by Gasteiger charge is -2.33. The molecule has 1 saturated heterocycles. The Morgan fingerprint density at radius 3 is 2.52 bits per heavy atom. The van der Waals surface area contributed by atoms with E-state index in [9.17, 15) is 18.0 Å². The topological polar surface area (TPSA) is 45.2 Å². The first kappa shape index (κ1) is 18.0. The summed E-state index contributed by atoms with van der Waals surface area (Å²) >= 11 is 0. The van der Waals surface area contributed by atoms with Crippen LogP contribution >= 0.6 is 0 Å². The molecule has 1 aromatic rings. The highest BCUT2D eigenvalue weighted by Crippen LogP contribution is 2.31. The van der Waals surface area contributed by atoms with Gasteiger partial charge in [-0.15, -0.1) is 0 Å². The van der Waals surface area contributed by atoms with Crippen molar-refractivity contribution in [2.24, 2.45) is 5.92 Å². The number of nitrogens with zero attached hydrogens (tertiary/aromatic N) is 2. The van der Waals surface area contributed by atoms with Gasteiger partial charge in [0, 0.05) is 37.4 Å². The number of halogens is 3. The van der Waals surface area contributed by atoms with Gasteiger partial charge in [-0.3, -0.25) is 9.78 Å². The normalized spacial score (nSPS) is 20.0. The number of nitrogens with one attached hydrogen (secondary N) is 1. The molecule has 2 heterocycles. The maximum atomic E-state index is 12.8. The number of alkyl halides is 3. The number of aromatic nitrogens is 1. The molecular formula is C18H24F3N3O. The highest BCUT2D eigenvalue weighted by atomic mass is 19.4. The Morgan fingerprint density at radius 1 is 1.20 bits per heavy atom. The van der Waals surface area contributed by atoms with E-state index in [2.05, 4.69) is 10.3 Å². The van der Waals surface area contributed by atoms with Crippen LogP contribution in [0.1, 0.15) is 50.6 Å². The van der Waals surface area contributed by atoms with Crippen LogP contribution in [0.5, 0.6) is 0 Å². The van der Waals surface area contributed by atoms with Gasteiger partial charge in [-0.1, -0.05) is 12.8 Å². The lowest BCUT2D eigenvalue weighted by molar-refractivity contribution is -0.141. The fourth-order valence-electron chi connectivity index (χ4n) is 3.79. The molecule has 4 nitrogen and oxygen atoms in total. The highest BCUT2D eigenvalue weighted by Gasteiger charge is 2.33. The largest absolute Gasteiger partial charge is 0.433 e. The van der Waals surface area contributed by atoms with E-state index in [0.29, 0.717) is 37.2 Å². The monoisotopic (exact) mass is 355 g/mol. The van der Waals surface area contributed by atoms with Gasteiger partial charge < -0.3 is 10.2 Å². The van der Waals surface area contributed by atoms with Gasteiger partial charge in [0.25, 0.3) is 0 Å². The van der Waals surface area contributed by atoms with Crippen LogP contribution in [0.15, 0.2) is 18.3 Å². The number of carbonyl (C=O) groups excluding carboxylic acids is 1. The molecule has 0 spiro atoms. The molecule has 3 rings (SSSR count). The van der Waals surface area contributed by atoms with E-state index in [1.54, 1.807) is 6.07 Å². The van der Waals surface area contributed by atoms with Crippen molar-refractivity contribution >= 4 is 11.6 Å². The van der Waals surface area contributed by atoms with Gasteiger partial charge in [-0.05, 0) is 43.7 Å². The summed E-state index contributed by atoms with van der Waals surface area (Å²) in [6.45, 7) is 1.34. The molecule has 2 fully saturated rings. The van der Waals surface area contributed by atoms with Crippen molar-refractivity contribution in [1.82, 2.24) is 10.3 Å². The Balaban J connectivity index is 1.49. The molecule has 1 N–H and O–H groups in total. The van der Waals surface area contributed by atoms with E-state index in [1.165, 1.54) is 19.0 Å². The third kappa shape index (κ3) is 4.86. The smallest absolute Gasteiger partial charge is 0.371 e. The van der Waals surface area contributed by atoms with Crippen molar-refractivity contribution in [3.05, 3.63) is 24.0 Å². The van der Waals surface area contributed by atoms with E-state index in [1.807, 2.05) is 4.90 Å². The van der Waals surface area contributed by atoms with Gasteiger partial charge >= 0.3 is 6.18 Å². The van der Waals surface area contributed by atoms with E-state index in [4.69, 9.17) is 0 Å². The number of anilines is 1. The van der Waals surface area contributed by atoms with Crippen molar-refractivity contribution < 1.29 is 18.0 Å². The molecule has 1 saturated carbocycles. The number of piperidine rings is 1. The van der Waals surface area contributed by atoms with E-state index < -0.39 is 11.9 Å². The van der Waals surface area contributed by atoms with Crippen LogP contribution in [0, 0.1) is 5.92 Å². The Morgan fingerprint density at radius 2 is 1.88 bits per heavy atom. The second-order valence-corrected chi connectivity index (χ2v) is 7.08. The first-order valence-electron chi connectivity index (χ1n) is 8.99. The summed E-state index contributed by atoms with van der Waals surface area (Å²) in [4.78, 5) is 17.5. The van der Waals surface area contributed by atoms with Gasteiger partial charge in [-0.25, -0.2) is 0 Å². The van der Waals surface area contributed by atoms with Gasteiger partial charge in [0.15, 0.2) is 0 Å². The quantitative estimate of drug-likeness (QED) is 0.894. The number of hydrogen-bond donors (Lipinski definition) is 1. The van der Waals surface area contributed by atoms with Crippen molar-refractivity contribution in [2.75, 3.05) is 18.0 Å². The van der Waals surface area contributed by atoms with Crippen molar-refractivity contribution in [3.8, 4) is 0 Å². The van der Waals surface area contributed by atoms with Crippen LogP contribution in [0.2, 0.25) is 0 Å². The van der Waals surface area contributed by atoms with Gasteiger partial charge in [-0.2, -0.15) is 13.2 Å².